The molecular weight excluding hydrogens is 501 g/mol. The number of nitrogens with one attached hydrogen (secondary N) is 1. The average Bonchev–Trinajstić information content (AvgIpc) is 3.24. The fourth-order valence-electron chi connectivity index (χ4n) is 4.13. The molecule has 3 rings (SSSR count). The van der Waals surface area contributed by atoms with Gasteiger partial charge in [0.2, 0.25) is 0 Å². The molecular formula is C22H35ClIN3O2. The van der Waals surface area contributed by atoms with Crippen molar-refractivity contribution in [1.29, 1.82) is 0 Å². The zero-order valence-corrected chi connectivity index (χ0v) is 20.4. The summed E-state index contributed by atoms with van der Waals surface area (Å²) in [4.78, 5) is 6.95. The highest BCUT2D eigenvalue weighted by atomic mass is 127. The molecule has 2 fully saturated rings. The number of aliphatic hydroxyl groups excluding tert-OH is 1. The normalized spacial score (nSPS) is 19.8. The van der Waals surface area contributed by atoms with Gasteiger partial charge in [-0.3, -0.25) is 4.99 Å². The van der Waals surface area contributed by atoms with Crippen LogP contribution in [0, 0.1) is 5.92 Å². The number of hydrogen-bond acceptors (Lipinski definition) is 3. The number of rotatable bonds is 7. The van der Waals surface area contributed by atoms with Gasteiger partial charge in [0.25, 0.3) is 0 Å². The van der Waals surface area contributed by atoms with Crippen molar-refractivity contribution in [2.75, 3.05) is 32.8 Å². The lowest BCUT2D eigenvalue weighted by atomic mass is 10.1. The maximum Gasteiger partial charge on any atom is 0.194 e. The first kappa shape index (κ1) is 24.7. The quantitative estimate of drug-likeness (QED) is 0.304. The van der Waals surface area contributed by atoms with Crippen LogP contribution in [0.15, 0.2) is 29.3 Å². The van der Waals surface area contributed by atoms with Crippen LogP contribution >= 0.6 is 35.6 Å². The van der Waals surface area contributed by atoms with Crippen molar-refractivity contribution >= 4 is 41.5 Å². The maximum absolute atomic E-state index is 10.5. The zero-order chi connectivity index (χ0) is 19.8. The molecule has 5 nitrogen and oxygen atoms in total. The standard InChI is InChI=1S/C22H34ClN3O2.HI/c1-2-24-22(25-15-21(27)19-9-5-6-10-20(19)23)26-13-11-18(12-14-26)28-16-17-7-3-4-8-17;/h5-6,9-10,17-18,21,27H,2-4,7-8,11-16H2,1H3,(H,24,25);1H. The smallest absolute Gasteiger partial charge is 0.194 e. The Bertz CT molecular complexity index is 632. The molecule has 2 N–H and O–H groups in total. The van der Waals surface area contributed by atoms with Gasteiger partial charge in [0.15, 0.2) is 5.96 Å². The van der Waals surface area contributed by atoms with Crippen LogP contribution in [0.1, 0.15) is 57.1 Å². The van der Waals surface area contributed by atoms with Crippen LogP contribution in [-0.2, 0) is 4.74 Å². The topological polar surface area (TPSA) is 57.1 Å². The third-order valence-corrected chi connectivity index (χ3v) is 6.14. The van der Waals surface area contributed by atoms with Crippen LogP contribution in [0.3, 0.4) is 0 Å². The Kier molecular flexibility index (Phi) is 11.0. The number of likely N-dealkylation sites (tertiary alicyclic amines) is 1. The molecule has 1 aliphatic carbocycles. The Labute approximate surface area is 197 Å². The molecule has 29 heavy (non-hydrogen) atoms. The van der Waals surface area contributed by atoms with Crippen LogP contribution in [0.2, 0.25) is 5.02 Å². The second-order valence-corrected chi connectivity index (χ2v) is 8.31. The Morgan fingerprint density at radius 2 is 1.93 bits per heavy atom. The van der Waals surface area contributed by atoms with E-state index in [1.54, 1.807) is 6.07 Å². The Morgan fingerprint density at radius 1 is 1.24 bits per heavy atom. The molecule has 0 radical (unpaired) electrons. The van der Waals surface area contributed by atoms with Gasteiger partial charge in [-0.05, 0) is 44.6 Å². The Morgan fingerprint density at radius 3 is 2.59 bits per heavy atom. The number of guanidine groups is 1. The third kappa shape index (κ3) is 7.56. The molecule has 1 aliphatic heterocycles. The molecule has 1 aromatic rings. The largest absolute Gasteiger partial charge is 0.386 e. The summed E-state index contributed by atoms with van der Waals surface area (Å²) >= 11 is 6.19. The van der Waals surface area contributed by atoms with E-state index in [0.717, 1.165) is 56.5 Å². The van der Waals surface area contributed by atoms with E-state index < -0.39 is 6.10 Å². The van der Waals surface area contributed by atoms with Gasteiger partial charge in [0.1, 0.15) is 6.10 Å². The van der Waals surface area contributed by atoms with Gasteiger partial charge in [-0.1, -0.05) is 42.6 Å². The molecule has 2 aliphatic rings. The van der Waals surface area contributed by atoms with E-state index in [2.05, 4.69) is 22.1 Å². The summed E-state index contributed by atoms with van der Waals surface area (Å²) in [5, 5.41) is 14.4. The number of nitrogens with zero attached hydrogens (tertiary/aromatic N) is 2. The van der Waals surface area contributed by atoms with Gasteiger partial charge in [0.05, 0.1) is 12.6 Å². The summed E-state index contributed by atoms with van der Waals surface area (Å²) in [5.41, 5.74) is 0.725. The molecule has 1 unspecified atom stereocenters. The van der Waals surface area contributed by atoms with E-state index in [1.165, 1.54) is 25.7 Å². The molecule has 7 heteroatoms. The molecule has 1 saturated heterocycles. The summed E-state index contributed by atoms with van der Waals surface area (Å²) in [5.74, 6) is 1.64. The van der Waals surface area contributed by atoms with Gasteiger partial charge in [0, 0.05) is 36.8 Å². The third-order valence-electron chi connectivity index (χ3n) is 5.80. The molecule has 1 aromatic carbocycles. The first-order valence-corrected chi connectivity index (χ1v) is 11.1. The maximum atomic E-state index is 10.5. The molecule has 0 bridgehead atoms. The minimum Gasteiger partial charge on any atom is -0.386 e. The van der Waals surface area contributed by atoms with Crippen molar-refractivity contribution in [2.45, 2.75) is 57.7 Å². The highest BCUT2D eigenvalue weighted by Crippen LogP contribution is 2.26. The second kappa shape index (κ2) is 13.0. The van der Waals surface area contributed by atoms with E-state index in [1.807, 2.05) is 18.2 Å². The molecule has 1 atom stereocenters. The van der Waals surface area contributed by atoms with E-state index in [0.29, 0.717) is 17.7 Å². The van der Waals surface area contributed by atoms with Gasteiger partial charge in [-0.15, -0.1) is 24.0 Å². The van der Waals surface area contributed by atoms with Crippen LogP contribution < -0.4 is 5.32 Å². The summed E-state index contributed by atoms with van der Waals surface area (Å²) in [7, 11) is 0. The van der Waals surface area contributed by atoms with Gasteiger partial charge >= 0.3 is 0 Å². The van der Waals surface area contributed by atoms with Crippen molar-refractivity contribution in [2.24, 2.45) is 10.9 Å². The fraction of sp³-hybridized carbons (Fsp3) is 0.682. The van der Waals surface area contributed by atoms with Crippen LogP contribution in [0.25, 0.3) is 0 Å². The molecule has 1 saturated carbocycles. The number of piperidine rings is 1. The van der Waals surface area contributed by atoms with E-state index in [4.69, 9.17) is 16.3 Å². The number of halogens is 2. The first-order valence-electron chi connectivity index (χ1n) is 10.7. The van der Waals surface area contributed by atoms with Crippen molar-refractivity contribution in [1.82, 2.24) is 10.2 Å². The summed E-state index contributed by atoms with van der Waals surface area (Å²) < 4.78 is 6.18. The van der Waals surface area contributed by atoms with E-state index >= 15 is 0 Å². The summed E-state index contributed by atoms with van der Waals surface area (Å²) in [6.07, 6.45) is 7.15. The molecule has 0 aromatic heterocycles. The van der Waals surface area contributed by atoms with Crippen LogP contribution in [-0.4, -0.2) is 54.9 Å². The lowest BCUT2D eigenvalue weighted by Crippen LogP contribution is -2.47. The lowest BCUT2D eigenvalue weighted by molar-refractivity contribution is 0.000979. The second-order valence-electron chi connectivity index (χ2n) is 7.90. The van der Waals surface area contributed by atoms with Gasteiger partial charge in [-0.25, -0.2) is 0 Å². The van der Waals surface area contributed by atoms with E-state index in [9.17, 15) is 5.11 Å². The zero-order valence-electron chi connectivity index (χ0n) is 17.4. The van der Waals surface area contributed by atoms with Crippen LogP contribution in [0.5, 0.6) is 0 Å². The molecule has 1 heterocycles. The molecule has 164 valence electrons. The lowest BCUT2D eigenvalue weighted by Gasteiger charge is -2.34. The van der Waals surface area contributed by atoms with Gasteiger partial charge < -0.3 is 20.1 Å². The van der Waals surface area contributed by atoms with E-state index in [-0.39, 0.29) is 24.0 Å². The average molecular weight is 536 g/mol. The van der Waals surface area contributed by atoms with Crippen molar-refractivity contribution in [3.8, 4) is 0 Å². The number of hydrogen-bond donors (Lipinski definition) is 2. The van der Waals surface area contributed by atoms with Crippen molar-refractivity contribution < 1.29 is 9.84 Å². The predicted octanol–water partition coefficient (Wildman–Crippen LogP) is 4.63. The SMILES string of the molecule is CCNC(=NCC(O)c1ccccc1Cl)N1CCC(OCC2CCCC2)CC1.I. The summed E-state index contributed by atoms with van der Waals surface area (Å²) in [6, 6.07) is 7.40. The Balaban J connectivity index is 0.00000300. The monoisotopic (exact) mass is 535 g/mol. The Hall–Kier alpha value is -0.570. The number of aliphatic hydroxyl groups is 1. The minimum absolute atomic E-state index is 0. The highest BCUT2D eigenvalue weighted by molar-refractivity contribution is 14.0. The number of aliphatic imine (C=N–C) groups is 1. The van der Waals surface area contributed by atoms with Gasteiger partial charge in [-0.2, -0.15) is 0 Å². The first-order chi connectivity index (χ1) is 13.7. The molecule has 0 spiro atoms. The van der Waals surface area contributed by atoms with Crippen molar-refractivity contribution in [3.63, 3.8) is 0 Å². The summed E-state index contributed by atoms with van der Waals surface area (Å²) in [6.45, 7) is 5.97. The number of benzene rings is 1. The van der Waals surface area contributed by atoms with Crippen LogP contribution in [0.4, 0.5) is 0 Å². The predicted molar refractivity (Wildman–Crippen MR) is 130 cm³/mol. The highest BCUT2D eigenvalue weighted by Gasteiger charge is 2.24. The number of ether oxygens (including phenoxy) is 1. The minimum atomic E-state index is -0.699. The fourth-order valence-corrected chi connectivity index (χ4v) is 4.39. The van der Waals surface area contributed by atoms with Crippen molar-refractivity contribution in [3.05, 3.63) is 34.9 Å². The molecule has 0 amide bonds.